The highest BCUT2D eigenvalue weighted by molar-refractivity contribution is 6.28. The minimum atomic E-state index is -0.677. The quantitative estimate of drug-likeness (QED) is 0.542. The minimum absolute atomic E-state index is 0.0165. The number of aromatic nitrogens is 4. The molecule has 10 nitrogen and oxygen atoms in total. The first-order chi connectivity index (χ1) is 15.5. The summed E-state index contributed by atoms with van der Waals surface area (Å²) < 4.78 is 19.3. The van der Waals surface area contributed by atoms with Gasteiger partial charge in [0.25, 0.3) is 5.91 Å². The Bertz CT molecular complexity index is 1180. The number of benzene rings is 1. The number of ether oxygens (including phenoxy) is 3. The third-order valence-corrected chi connectivity index (χ3v) is 5.93. The molecule has 2 aliphatic rings. The topological polar surface area (TPSA) is 126 Å². The molecule has 3 aromatic rings. The van der Waals surface area contributed by atoms with Crippen LogP contribution in [0.5, 0.6) is 5.75 Å². The number of nitrogens with zero attached hydrogens (tertiary/aromatic N) is 4. The maximum absolute atomic E-state index is 11.8. The number of rotatable bonds is 6. The molecule has 1 atom stereocenters. The predicted molar refractivity (Wildman–Crippen MR) is 116 cm³/mol. The zero-order valence-electron chi connectivity index (χ0n) is 17.2. The molecular weight excluding hydrogens is 436 g/mol. The Balaban J connectivity index is 1.48. The molecule has 166 valence electrons. The highest BCUT2D eigenvalue weighted by Gasteiger charge is 2.53. The van der Waals surface area contributed by atoms with Crippen LogP contribution in [0.15, 0.2) is 36.7 Å². The van der Waals surface area contributed by atoms with E-state index in [1.807, 2.05) is 29.1 Å². The molecule has 5 rings (SSSR count). The largest absolute Gasteiger partial charge is 0.494 e. The van der Waals surface area contributed by atoms with Crippen LogP contribution in [0.2, 0.25) is 5.28 Å². The standard InChI is InChI=1S/C21H21ClN6O4/c1-30-17-12(14-6-8-28(27-14)16-5-7-21(16)31-9-10-32-21)3-2-4-15(17)25-19-13(18(23)29)11-24-20(22)26-19/h2-4,6,8,11,16H,5,7,9-10H2,1H3,(H2,23,29)(H,24,25,26). The molecular formula is C21H21ClN6O4. The second-order valence-corrected chi connectivity index (χ2v) is 7.86. The van der Waals surface area contributed by atoms with Gasteiger partial charge in [-0.2, -0.15) is 10.1 Å². The van der Waals surface area contributed by atoms with Gasteiger partial charge in [-0.15, -0.1) is 0 Å². The third-order valence-electron chi connectivity index (χ3n) is 5.75. The summed E-state index contributed by atoms with van der Waals surface area (Å²) in [6, 6.07) is 7.49. The van der Waals surface area contributed by atoms with Crippen molar-refractivity contribution in [2.24, 2.45) is 5.73 Å². The average Bonchev–Trinajstić information content (AvgIpc) is 3.44. The van der Waals surface area contributed by atoms with Crippen LogP contribution in [0, 0.1) is 0 Å². The van der Waals surface area contributed by atoms with Crippen LogP contribution in [0.4, 0.5) is 11.5 Å². The van der Waals surface area contributed by atoms with Gasteiger partial charge in [-0.1, -0.05) is 6.07 Å². The summed E-state index contributed by atoms with van der Waals surface area (Å²) in [5, 5.41) is 7.83. The van der Waals surface area contributed by atoms with Crippen LogP contribution in [0.1, 0.15) is 29.2 Å². The number of carbonyl (C=O) groups is 1. The molecule has 0 bridgehead atoms. The second-order valence-electron chi connectivity index (χ2n) is 7.52. The van der Waals surface area contributed by atoms with Crippen molar-refractivity contribution in [3.8, 4) is 17.0 Å². The number of amides is 1. The molecule has 1 aliphatic heterocycles. The molecule has 32 heavy (non-hydrogen) atoms. The van der Waals surface area contributed by atoms with Crippen LogP contribution < -0.4 is 15.8 Å². The average molecular weight is 457 g/mol. The van der Waals surface area contributed by atoms with E-state index in [-0.39, 0.29) is 22.7 Å². The number of hydrogen-bond donors (Lipinski definition) is 2. The monoisotopic (exact) mass is 456 g/mol. The summed E-state index contributed by atoms with van der Waals surface area (Å²) in [4.78, 5) is 19.7. The maximum Gasteiger partial charge on any atom is 0.254 e. The lowest BCUT2D eigenvalue weighted by Crippen LogP contribution is -2.49. The van der Waals surface area contributed by atoms with Gasteiger partial charge in [0.2, 0.25) is 5.28 Å². The van der Waals surface area contributed by atoms with Gasteiger partial charge in [-0.3, -0.25) is 9.48 Å². The van der Waals surface area contributed by atoms with Gasteiger partial charge in [0.05, 0.1) is 31.7 Å². The highest BCUT2D eigenvalue weighted by atomic mass is 35.5. The van der Waals surface area contributed by atoms with Crippen molar-refractivity contribution in [1.29, 1.82) is 0 Å². The van der Waals surface area contributed by atoms with Crippen molar-refractivity contribution in [3.05, 3.63) is 47.5 Å². The number of primary amides is 1. The molecule has 0 radical (unpaired) electrons. The third kappa shape index (κ3) is 3.46. The lowest BCUT2D eigenvalue weighted by molar-refractivity contribution is -0.242. The second kappa shape index (κ2) is 8.05. The molecule has 1 aliphatic carbocycles. The lowest BCUT2D eigenvalue weighted by Gasteiger charge is -2.44. The molecule has 3 heterocycles. The smallest absolute Gasteiger partial charge is 0.254 e. The molecule has 1 unspecified atom stereocenters. The van der Waals surface area contributed by atoms with Crippen molar-refractivity contribution in [3.63, 3.8) is 0 Å². The van der Waals surface area contributed by atoms with E-state index < -0.39 is 11.7 Å². The number of nitrogens with one attached hydrogen (secondary N) is 1. The zero-order chi connectivity index (χ0) is 22.3. The van der Waals surface area contributed by atoms with E-state index in [4.69, 9.17) is 36.6 Å². The summed E-state index contributed by atoms with van der Waals surface area (Å²) in [5.41, 5.74) is 7.61. The van der Waals surface area contributed by atoms with Crippen molar-refractivity contribution in [2.45, 2.75) is 24.7 Å². The van der Waals surface area contributed by atoms with Crippen LogP contribution in [0.25, 0.3) is 11.3 Å². The van der Waals surface area contributed by atoms with Crippen LogP contribution in [0.3, 0.4) is 0 Å². The van der Waals surface area contributed by atoms with E-state index in [0.29, 0.717) is 24.7 Å². The summed E-state index contributed by atoms with van der Waals surface area (Å²) >= 11 is 5.91. The van der Waals surface area contributed by atoms with E-state index in [1.165, 1.54) is 6.20 Å². The Hall–Kier alpha value is -3.21. The van der Waals surface area contributed by atoms with Gasteiger partial charge < -0.3 is 25.3 Å². The van der Waals surface area contributed by atoms with Gasteiger partial charge in [0.1, 0.15) is 17.4 Å². The van der Waals surface area contributed by atoms with Gasteiger partial charge in [0.15, 0.2) is 11.5 Å². The molecule has 11 heteroatoms. The van der Waals surface area contributed by atoms with Crippen LogP contribution >= 0.6 is 11.6 Å². The van der Waals surface area contributed by atoms with Crippen molar-refractivity contribution < 1.29 is 19.0 Å². The minimum Gasteiger partial charge on any atom is -0.494 e. The Labute approximate surface area is 188 Å². The van der Waals surface area contributed by atoms with Crippen LogP contribution in [-0.4, -0.2) is 51.8 Å². The first kappa shape index (κ1) is 20.7. The fourth-order valence-corrected chi connectivity index (χ4v) is 4.26. The zero-order valence-corrected chi connectivity index (χ0v) is 18.0. The number of halogens is 1. The molecule has 1 saturated carbocycles. The maximum atomic E-state index is 11.8. The van der Waals surface area contributed by atoms with E-state index in [2.05, 4.69) is 15.3 Å². The fourth-order valence-electron chi connectivity index (χ4n) is 4.13. The first-order valence-corrected chi connectivity index (χ1v) is 10.5. The molecule has 2 fully saturated rings. The summed E-state index contributed by atoms with van der Waals surface area (Å²) in [5.74, 6) is -0.525. The normalized spacial score (nSPS) is 19.0. The number of carbonyl (C=O) groups excluding carboxylic acids is 1. The Kier molecular flexibility index (Phi) is 5.20. The number of anilines is 2. The van der Waals surface area contributed by atoms with Gasteiger partial charge in [-0.25, -0.2) is 4.98 Å². The van der Waals surface area contributed by atoms with Gasteiger partial charge in [-0.05, 0) is 36.2 Å². The van der Waals surface area contributed by atoms with E-state index >= 15 is 0 Å². The summed E-state index contributed by atoms with van der Waals surface area (Å²) in [6.07, 6.45) is 4.99. The number of methoxy groups -OCH3 is 1. The molecule has 3 N–H and O–H groups in total. The number of hydrogen-bond acceptors (Lipinski definition) is 8. The molecule has 1 spiro atoms. The molecule has 2 aromatic heterocycles. The number of nitrogens with two attached hydrogens (primary N) is 1. The SMILES string of the molecule is COc1c(Nc2nc(Cl)ncc2C(N)=O)cccc1-c1ccn(C2CCC23OCCO3)n1. The van der Waals surface area contributed by atoms with E-state index in [0.717, 1.165) is 24.1 Å². The highest BCUT2D eigenvalue weighted by Crippen LogP contribution is 2.48. The van der Waals surface area contributed by atoms with E-state index in [1.54, 1.807) is 13.2 Å². The molecule has 1 aromatic carbocycles. The predicted octanol–water partition coefficient (Wildman–Crippen LogP) is 2.92. The van der Waals surface area contributed by atoms with E-state index in [9.17, 15) is 4.79 Å². The Morgan fingerprint density at radius 2 is 2.16 bits per heavy atom. The Morgan fingerprint density at radius 1 is 1.34 bits per heavy atom. The lowest BCUT2D eigenvalue weighted by atomic mass is 9.85. The van der Waals surface area contributed by atoms with Crippen molar-refractivity contribution >= 4 is 29.0 Å². The number of para-hydroxylation sites is 1. The van der Waals surface area contributed by atoms with Crippen LogP contribution in [-0.2, 0) is 9.47 Å². The molecule has 1 amide bonds. The van der Waals surface area contributed by atoms with Gasteiger partial charge >= 0.3 is 0 Å². The summed E-state index contributed by atoms with van der Waals surface area (Å²) in [7, 11) is 1.56. The Morgan fingerprint density at radius 3 is 2.84 bits per heavy atom. The fraction of sp³-hybridized carbons (Fsp3) is 0.333. The summed E-state index contributed by atoms with van der Waals surface area (Å²) in [6.45, 7) is 1.21. The first-order valence-electron chi connectivity index (χ1n) is 10.1. The van der Waals surface area contributed by atoms with Gasteiger partial charge in [0, 0.05) is 24.4 Å². The van der Waals surface area contributed by atoms with Crippen molar-refractivity contribution in [1.82, 2.24) is 19.7 Å². The molecule has 1 saturated heterocycles. The van der Waals surface area contributed by atoms with Crippen molar-refractivity contribution in [2.75, 3.05) is 25.6 Å².